The number of fused-ring (bicyclic) bond motifs is 1. The number of rotatable bonds is 5. The second kappa shape index (κ2) is 7.40. The molecule has 2 unspecified atom stereocenters. The fourth-order valence-corrected chi connectivity index (χ4v) is 4.38. The maximum Gasteiger partial charge on any atom is 0.225 e. The smallest absolute Gasteiger partial charge is 0.225 e. The third-order valence-electron chi connectivity index (χ3n) is 4.89. The van der Waals surface area contributed by atoms with Crippen LogP contribution in [0.15, 0.2) is 24.3 Å². The lowest BCUT2D eigenvalue weighted by molar-refractivity contribution is -0.125. The lowest BCUT2D eigenvalue weighted by Crippen LogP contribution is -2.38. The van der Waals surface area contributed by atoms with Crippen molar-refractivity contribution in [2.24, 2.45) is 5.92 Å². The lowest BCUT2D eigenvalue weighted by atomic mass is 10.0. The molecule has 1 aromatic heterocycles. The third-order valence-corrected chi connectivity index (χ3v) is 6.10. The maximum atomic E-state index is 14.1. The minimum atomic E-state index is -0.335. The predicted octanol–water partition coefficient (Wildman–Crippen LogP) is 3.21. The molecule has 1 saturated heterocycles. The topological polar surface area (TPSA) is 64.6 Å². The highest BCUT2D eigenvalue weighted by Gasteiger charge is 2.29. The van der Waals surface area contributed by atoms with Crippen LogP contribution in [-0.4, -0.2) is 37.6 Å². The van der Waals surface area contributed by atoms with Gasteiger partial charge in [0.2, 0.25) is 5.91 Å². The molecule has 0 bridgehead atoms. The first-order valence-corrected chi connectivity index (χ1v) is 9.78. The molecule has 27 heavy (non-hydrogen) atoms. The number of hydrogen-bond donors (Lipinski definition) is 1. The first-order valence-electron chi connectivity index (χ1n) is 8.97. The van der Waals surface area contributed by atoms with E-state index < -0.39 is 0 Å². The summed E-state index contributed by atoms with van der Waals surface area (Å²) in [5, 5.41) is 2.91. The van der Waals surface area contributed by atoms with Crippen LogP contribution in [0.4, 0.5) is 4.39 Å². The van der Waals surface area contributed by atoms with Gasteiger partial charge in [0, 0.05) is 29.0 Å². The Balaban J connectivity index is 1.49. The van der Waals surface area contributed by atoms with Crippen LogP contribution < -0.4 is 10.1 Å². The van der Waals surface area contributed by atoms with Gasteiger partial charge in [-0.3, -0.25) is 9.59 Å². The van der Waals surface area contributed by atoms with E-state index in [4.69, 9.17) is 9.47 Å². The van der Waals surface area contributed by atoms with Gasteiger partial charge < -0.3 is 14.8 Å². The molecule has 1 fully saturated rings. The largest absolute Gasteiger partial charge is 0.487 e. The average Bonchev–Trinajstić information content (AvgIpc) is 3.38. The number of ether oxygens (including phenoxy) is 2. The van der Waals surface area contributed by atoms with E-state index in [1.165, 1.54) is 30.4 Å². The van der Waals surface area contributed by atoms with Crippen molar-refractivity contribution < 1.29 is 23.5 Å². The molecule has 0 saturated carbocycles. The van der Waals surface area contributed by atoms with E-state index in [1.54, 1.807) is 6.07 Å². The van der Waals surface area contributed by atoms with Crippen LogP contribution in [-0.2, 0) is 16.0 Å². The number of amides is 1. The normalized spacial score (nSPS) is 21.0. The molecule has 2 aliphatic rings. The summed E-state index contributed by atoms with van der Waals surface area (Å²) in [6.07, 6.45) is 1.04. The maximum absolute atomic E-state index is 14.1. The summed E-state index contributed by atoms with van der Waals surface area (Å²) in [7, 11) is 0. The summed E-state index contributed by atoms with van der Waals surface area (Å²) in [4.78, 5) is 25.1. The van der Waals surface area contributed by atoms with E-state index in [-0.39, 0.29) is 29.5 Å². The second-order valence-corrected chi connectivity index (χ2v) is 8.00. The molecule has 0 radical (unpaired) electrons. The van der Waals surface area contributed by atoms with E-state index in [9.17, 15) is 14.0 Å². The molecule has 5 nitrogen and oxygen atoms in total. The molecular weight excluding hydrogens is 369 g/mol. The van der Waals surface area contributed by atoms with Crippen LogP contribution in [0.5, 0.6) is 5.75 Å². The zero-order valence-electron chi connectivity index (χ0n) is 14.9. The van der Waals surface area contributed by atoms with Crippen LogP contribution >= 0.6 is 11.3 Å². The first-order chi connectivity index (χ1) is 13.0. The van der Waals surface area contributed by atoms with Crippen molar-refractivity contribution in [3.8, 4) is 16.2 Å². The Bertz CT molecular complexity index is 888. The van der Waals surface area contributed by atoms with Gasteiger partial charge in [-0.25, -0.2) is 4.39 Å². The molecule has 1 N–H and O–H groups in total. The van der Waals surface area contributed by atoms with Gasteiger partial charge in [-0.15, -0.1) is 11.3 Å². The van der Waals surface area contributed by atoms with Gasteiger partial charge >= 0.3 is 0 Å². The van der Waals surface area contributed by atoms with Gasteiger partial charge in [0.05, 0.1) is 23.9 Å². The molecule has 142 valence electrons. The van der Waals surface area contributed by atoms with Crippen molar-refractivity contribution >= 4 is 23.0 Å². The highest BCUT2D eigenvalue weighted by Crippen LogP contribution is 2.42. The number of halogens is 1. The number of carbonyl (C=O) groups excluding carboxylic acids is 2. The molecule has 4 rings (SSSR count). The third kappa shape index (κ3) is 3.75. The molecule has 3 heterocycles. The standard InChI is InChI=1S/C20H20FNO4S/c1-11(23)17-2-3-18(27-17)16-8-14(21)6-13-7-15(26-19(13)16)9-22-20(24)12-4-5-25-10-12/h2-3,6,8,12,15H,4-5,7,9-10H2,1H3,(H,22,24). The van der Waals surface area contributed by atoms with E-state index in [0.717, 1.165) is 16.9 Å². The van der Waals surface area contributed by atoms with E-state index >= 15 is 0 Å². The Kier molecular flexibility index (Phi) is 4.97. The number of ketones is 1. The highest BCUT2D eigenvalue weighted by atomic mass is 32.1. The zero-order chi connectivity index (χ0) is 19.0. The predicted molar refractivity (Wildman–Crippen MR) is 99.8 cm³/mol. The van der Waals surface area contributed by atoms with E-state index in [1.807, 2.05) is 6.07 Å². The zero-order valence-corrected chi connectivity index (χ0v) is 15.7. The van der Waals surface area contributed by atoms with Gasteiger partial charge in [-0.2, -0.15) is 0 Å². The number of carbonyl (C=O) groups is 2. The molecule has 1 aromatic carbocycles. The van der Waals surface area contributed by atoms with Crippen molar-refractivity contribution in [1.29, 1.82) is 0 Å². The number of hydrogen-bond acceptors (Lipinski definition) is 5. The molecular formula is C20H20FNO4S. The summed E-state index contributed by atoms with van der Waals surface area (Å²) >= 11 is 1.33. The molecule has 2 atom stereocenters. The average molecular weight is 389 g/mol. The molecule has 2 aliphatic heterocycles. The Hall–Kier alpha value is -2.25. The van der Waals surface area contributed by atoms with Crippen molar-refractivity contribution in [3.05, 3.63) is 40.5 Å². The van der Waals surface area contributed by atoms with Crippen LogP contribution in [0.1, 0.15) is 28.6 Å². The molecule has 2 aromatic rings. The number of benzene rings is 1. The second-order valence-electron chi connectivity index (χ2n) is 6.91. The van der Waals surface area contributed by atoms with E-state index in [2.05, 4.69) is 5.32 Å². The molecule has 0 aliphatic carbocycles. The lowest BCUT2D eigenvalue weighted by Gasteiger charge is -2.15. The van der Waals surface area contributed by atoms with Gasteiger partial charge in [0.25, 0.3) is 0 Å². The first kappa shape index (κ1) is 18.1. The highest BCUT2D eigenvalue weighted by molar-refractivity contribution is 7.17. The van der Waals surface area contributed by atoms with Gasteiger partial charge in [-0.1, -0.05) is 0 Å². The van der Waals surface area contributed by atoms with Crippen LogP contribution in [0, 0.1) is 11.7 Å². The van der Waals surface area contributed by atoms with Crippen LogP contribution in [0.2, 0.25) is 0 Å². The van der Waals surface area contributed by atoms with Crippen molar-refractivity contribution in [2.45, 2.75) is 25.9 Å². The van der Waals surface area contributed by atoms with Gasteiger partial charge in [-0.05, 0) is 37.6 Å². The number of nitrogens with one attached hydrogen (secondary N) is 1. The van der Waals surface area contributed by atoms with Gasteiger partial charge in [0.15, 0.2) is 5.78 Å². The number of thiophene rings is 1. The Morgan fingerprint density at radius 2 is 2.19 bits per heavy atom. The minimum absolute atomic E-state index is 0.0169. The Morgan fingerprint density at radius 3 is 2.89 bits per heavy atom. The summed E-state index contributed by atoms with van der Waals surface area (Å²) in [5.41, 5.74) is 1.44. The van der Waals surface area contributed by atoms with Crippen molar-refractivity contribution in [2.75, 3.05) is 19.8 Å². The van der Waals surface area contributed by atoms with Crippen molar-refractivity contribution in [3.63, 3.8) is 0 Å². The quantitative estimate of drug-likeness (QED) is 0.798. The SMILES string of the molecule is CC(=O)c1ccc(-c2cc(F)cc3c2OC(CNC(=O)C2CCOC2)C3)s1. The van der Waals surface area contributed by atoms with E-state index in [0.29, 0.717) is 42.4 Å². The fourth-order valence-electron chi connectivity index (χ4n) is 3.46. The van der Waals surface area contributed by atoms with Crippen LogP contribution in [0.3, 0.4) is 0 Å². The Labute approximate surface area is 160 Å². The molecule has 0 spiro atoms. The molecule has 7 heteroatoms. The molecule has 1 amide bonds. The summed E-state index contributed by atoms with van der Waals surface area (Å²) in [6, 6.07) is 6.47. The summed E-state index contributed by atoms with van der Waals surface area (Å²) in [5.74, 6) is 0.159. The summed E-state index contributed by atoms with van der Waals surface area (Å²) in [6.45, 7) is 2.96. The summed E-state index contributed by atoms with van der Waals surface area (Å²) < 4.78 is 25.4. The minimum Gasteiger partial charge on any atom is -0.487 e. The number of Topliss-reactive ketones (excluding diaryl/α,β-unsaturated/α-hetero) is 1. The Morgan fingerprint density at radius 1 is 1.33 bits per heavy atom. The monoisotopic (exact) mass is 389 g/mol. The van der Waals surface area contributed by atoms with Crippen molar-refractivity contribution in [1.82, 2.24) is 5.32 Å². The van der Waals surface area contributed by atoms with Gasteiger partial charge in [0.1, 0.15) is 17.7 Å². The van der Waals surface area contributed by atoms with Crippen LogP contribution in [0.25, 0.3) is 10.4 Å². The fraction of sp³-hybridized carbons (Fsp3) is 0.400.